The quantitative estimate of drug-likeness (QED) is 0.351. The van der Waals surface area contributed by atoms with Gasteiger partial charge in [0.15, 0.2) is 0 Å². The fourth-order valence-corrected chi connectivity index (χ4v) is 3.45. The van der Waals surface area contributed by atoms with Crippen LogP contribution in [0.3, 0.4) is 0 Å². The molecule has 0 saturated heterocycles. The lowest BCUT2D eigenvalue weighted by atomic mass is 9.72. The highest BCUT2D eigenvalue weighted by atomic mass is 16.4. The molecule has 26 heavy (non-hydrogen) atoms. The summed E-state index contributed by atoms with van der Waals surface area (Å²) in [5.41, 5.74) is 5.78. The minimum Gasteiger partial charge on any atom is -0.481 e. The Morgan fingerprint density at radius 3 is 2.54 bits per heavy atom. The van der Waals surface area contributed by atoms with Gasteiger partial charge in [-0.2, -0.15) is 0 Å². The lowest BCUT2D eigenvalue weighted by Gasteiger charge is -2.32. The second kappa shape index (κ2) is 11.0. The van der Waals surface area contributed by atoms with Gasteiger partial charge in [0.05, 0.1) is 0 Å². The normalized spacial score (nSPS) is 19.0. The first-order valence-electron chi connectivity index (χ1n) is 9.84. The van der Waals surface area contributed by atoms with Crippen LogP contribution in [0.25, 0.3) is 0 Å². The van der Waals surface area contributed by atoms with E-state index < -0.39 is 5.97 Å². The largest absolute Gasteiger partial charge is 0.481 e. The molecule has 2 heteroatoms. The van der Waals surface area contributed by atoms with Gasteiger partial charge in [-0.15, -0.1) is 0 Å². The van der Waals surface area contributed by atoms with Gasteiger partial charge >= 0.3 is 5.97 Å². The minimum atomic E-state index is -0.707. The van der Waals surface area contributed by atoms with Gasteiger partial charge in [-0.1, -0.05) is 67.0 Å². The van der Waals surface area contributed by atoms with Crippen molar-refractivity contribution in [2.75, 3.05) is 0 Å². The molecule has 0 spiro atoms. The number of allylic oxidation sites excluding steroid dienone is 10. The van der Waals surface area contributed by atoms with Crippen LogP contribution in [0.15, 0.2) is 58.7 Å². The van der Waals surface area contributed by atoms with E-state index in [1.54, 1.807) is 0 Å². The third-order valence-electron chi connectivity index (χ3n) is 5.08. The average Bonchev–Trinajstić information content (AvgIpc) is 2.53. The van der Waals surface area contributed by atoms with Crippen molar-refractivity contribution >= 4 is 5.97 Å². The molecule has 0 aliphatic heterocycles. The molecule has 0 atom stereocenters. The molecule has 0 radical (unpaired) electrons. The summed E-state index contributed by atoms with van der Waals surface area (Å²) in [7, 11) is 0. The molecule has 1 rings (SSSR count). The van der Waals surface area contributed by atoms with Crippen LogP contribution in [0.1, 0.15) is 79.6 Å². The highest BCUT2D eigenvalue weighted by Crippen LogP contribution is 2.40. The average molecular weight is 357 g/mol. The maximum Gasteiger partial charge on any atom is 0.303 e. The van der Waals surface area contributed by atoms with Crippen molar-refractivity contribution in [1.29, 1.82) is 0 Å². The summed E-state index contributed by atoms with van der Waals surface area (Å²) in [4.78, 5) is 10.5. The molecule has 2 nitrogen and oxygen atoms in total. The van der Waals surface area contributed by atoms with Gasteiger partial charge in [-0.25, -0.2) is 0 Å². The van der Waals surface area contributed by atoms with Crippen molar-refractivity contribution < 1.29 is 9.90 Å². The van der Waals surface area contributed by atoms with E-state index in [2.05, 4.69) is 71.1 Å². The molecule has 0 fully saturated rings. The molecule has 0 unspecified atom stereocenters. The number of carbonyl (C=O) groups is 1. The van der Waals surface area contributed by atoms with Crippen LogP contribution in [-0.4, -0.2) is 11.1 Å². The molecule has 0 aromatic rings. The molecular weight excluding hydrogens is 320 g/mol. The minimum absolute atomic E-state index is 0.268. The van der Waals surface area contributed by atoms with Gasteiger partial charge in [-0.05, 0) is 70.3 Å². The lowest BCUT2D eigenvalue weighted by molar-refractivity contribution is -0.137. The van der Waals surface area contributed by atoms with E-state index in [1.165, 1.54) is 41.6 Å². The maximum absolute atomic E-state index is 10.5. The summed E-state index contributed by atoms with van der Waals surface area (Å²) >= 11 is 0. The number of unbranched alkanes of at least 4 members (excludes halogenated alkanes) is 2. The van der Waals surface area contributed by atoms with E-state index in [0.29, 0.717) is 0 Å². The van der Waals surface area contributed by atoms with Gasteiger partial charge in [0, 0.05) is 6.42 Å². The Balaban J connectivity index is 2.54. The summed E-state index contributed by atoms with van der Waals surface area (Å²) in [5, 5.41) is 8.62. The topological polar surface area (TPSA) is 37.3 Å². The van der Waals surface area contributed by atoms with Gasteiger partial charge in [0.2, 0.25) is 0 Å². The zero-order valence-electron chi connectivity index (χ0n) is 17.3. The molecule has 0 aromatic heterocycles. The van der Waals surface area contributed by atoms with Crippen molar-refractivity contribution in [3.63, 3.8) is 0 Å². The Labute approximate surface area is 160 Å². The van der Waals surface area contributed by atoms with Crippen molar-refractivity contribution in [3.8, 4) is 0 Å². The molecule has 144 valence electrons. The second-order valence-corrected chi connectivity index (χ2v) is 8.12. The summed E-state index contributed by atoms with van der Waals surface area (Å²) in [6.07, 6.45) is 19.7. The van der Waals surface area contributed by atoms with Gasteiger partial charge in [-0.3, -0.25) is 4.79 Å². The molecule has 0 amide bonds. The van der Waals surface area contributed by atoms with Gasteiger partial charge < -0.3 is 5.11 Å². The van der Waals surface area contributed by atoms with Gasteiger partial charge in [0.25, 0.3) is 0 Å². The summed E-state index contributed by atoms with van der Waals surface area (Å²) < 4.78 is 0. The Bertz CT molecular complexity index is 625. The van der Waals surface area contributed by atoms with Crippen LogP contribution in [0, 0.1) is 5.41 Å². The van der Waals surface area contributed by atoms with Crippen LogP contribution in [0.5, 0.6) is 0 Å². The number of hydrogen-bond acceptors (Lipinski definition) is 1. The van der Waals surface area contributed by atoms with E-state index in [1.807, 2.05) is 0 Å². The Kier molecular flexibility index (Phi) is 9.40. The monoisotopic (exact) mass is 356 g/mol. The molecule has 1 N–H and O–H groups in total. The van der Waals surface area contributed by atoms with E-state index in [4.69, 9.17) is 5.11 Å². The molecule has 0 saturated carbocycles. The van der Waals surface area contributed by atoms with Crippen molar-refractivity contribution in [2.24, 2.45) is 5.41 Å². The lowest BCUT2D eigenvalue weighted by Crippen LogP contribution is -2.19. The first-order valence-corrected chi connectivity index (χ1v) is 9.84. The van der Waals surface area contributed by atoms with E-state index in [0.717, 1.165) is 19.3 Å². The van der Waals surface area contributed by atoms with Gasteiger partial charge in [0.1, 0.15) is 0 Å². The number of hydrogen-bond donors (Lipinski definition) is 1. The molecule has 0 bridgehead atoms. The van der Waals surface area contributed by atoms with Crippen LogP contribution in [0.4, 0.5) is 0 Å². The van der Waals surface area contributed by atoms with E-state index in [9.17, 15) is 4.79 Å². The smallest absolute Gasteiger partial charge is 0.303 e. The molecule has 1 aliphatic carbocycles. The first-order chi connectivity index (χ1) is 12.2. The summed E-state index contributed by atoms with van der Waals surface area (Å²) in [6.45, 7) is 11.2. The Hall–Kier alpha value is -1.83. The predicted octanol–water partition coefficient (Wildman–Crippen LogP) is 7.16. The van der Waals surface area contributed by atoms with Crippen molar-refractivity contribution in [3.05, 3.63) is 58.7 Å². The number of aliphatic carboxylic acids is 1. The second-order valence-electron chi connectivity index (χ2n) is 8.12. The highest BCUT2D eigenvalue weighted by molar-refractivity contribution is 5.66. The van der Waals surface area contributed by atoms with Crippen molar-refractivity contribution in [2.45, 2.75) is 79.6 Å². The number of rotatable bonds is 9. The third-order valence-corrected chi connectivity index (χ3v) is 5.08. The zero-order chi connectivity index (χ0) is 19.6. The van der Waals surface area contributed by atoms with Crippen LogP contribution >= 0.6 is 0 Å². The molecule has 0 aromatic carbocycles. The van der Waals surface area contributed by atoms with Crippen LogP contribution in [0.2, 0.25) is 0 Å². The fraction of sp³-hybridized carbons (Fsp3) is 0.542. The maximum atomic E-state index is 10.5. The predicted molar refractivity (Wildman–Crippen MR) is 112 cm³/mol. The molecule has 1 aliphatic rings. The summed E-state index contributed by atoms with van der Waals surface area (Å²) in [6, 6.07) is 0. The van der Waals surface area contributed by atoms with Crippen LogP contribution in [-0.2, 0) is 4.79 Å². The van der Waals surface area contributed by atoms with E-state index in [-0.39, 0.29) is 11.8 Å². The zero-order valence-corrected chi connectivity index (χ0v) is 17.3. The standard InChI is InChI=1S/C24H36O2/c1-19(11-7-6-8-15-23(25)26)12-9-13-20(2)16-17-22-21(3)14-10-18-24(22,4)5/h9,11-13,16-17H,6-8,10,14-15,18H2,1-5H3,(H,25,26)/b12-9+,17-16+,19-11+,20-13+. The van der Waals surface area contributed by atoms with Crippen LogP contribution < -0.4 is 0 Å². The number of carboxylic acids is 1. The SMILES string of the molecule is CC1=C(/C=C/C(C)=C/C=C/C(C)=C/CCCCC(=O)O)C(C)(C)CCC1. The number of carboxylic acid groups (broad SMARTS) is 1. The molecule has 0 heterocycles. The molecular formula is C24H36O2. The fourth-order valence-electron chi connectivity index (χ4n) is 3.45. The van der Waals surface area contributed by atoms with E-state index >= 15 is 0 Å². The first kappa shape index (κ1) is 22.2. The third kappa shape index (κ3) is 8.51. The summed E-state index contributed by atoms with van der Waals surface area (Å²) in [5.74, 6) is -0.707. The Morgan fingerprint density at radius 1 is 1.15 bits per heavy atom. The highest BCUT2D eigenvalue weighted by Gasteiger charge is 2.26. The van der Waals surface area contributed by atoms with Crippen molar-refractivity contribution in [1.82, 2.24) is 0 Å². The Morgan fingerprint density at radius 2 is 1.88 bits per heavy atom.